The predicted molar refractivity (Wildman–Crippen MR) is 46.9 cm³/mol. The molecule has 0 N–H and O–H groups in total. The summed E-state index contributed by atoms with van der Waals surface area (Å²) in [6.45, 7) is 0. The fourth-order valence-corrected chi connectivity index (χ4v) is 2.42. The van der Waals surface area contributed by atoms with Crippen LogP contribution in [0.3, 0.4) is 0 Å². The Morgan fingerprint density at radius 1 is 1.20 bits per heavy atom. The second-order valence-electron chi connectivity index (χ2n) is 1.58. The van der Waals surface area contributed by atoms with Gasteiger partial charge in [-0.25, -0.2) is 0 Å². The van der Waals surface area contributed by atoms with E-state index in [2.05, 4.69) is 54.7 Å². The standard InChI is InChI=1S/C8H5I2/c9-6-7-10-8-4-2-1-3-5-8/h1-5H/q+1. The quantitative estimate of drug-likeness (QED) is 0.462. The Kier molecular flexibility index (Phi) is 4.14. The van der Waals surface area contributed by atoms with E-state index in [4.69, 9.17) is 0 Å². The van der Waals surface area contributed by atoms with Gasteiger partial charge in [0, 0.05) is 26.5 Å². The summed E-state index contributed by atoms with van der Waals surface area (Å²) in [5, 5.41) is 0. The van der Waals surface area contributed by atoms with Crippen molar-refractivity contribution in [3.8, 4) is 7.85 Å². The zero-order chi connectivity index (χ0) is 7.23. The SMILES string of the molecule is IC#C[I+]c1ccccc1. The summed E-state index contributed by atoms with van der Waals surface area (Å²) in [7, 11) is 0. The van der Waals surface area contributed by atoms with Crippen molar-refractivity contribution in [2.24, 2.45) is 0 Å². The summed E-state index contributed by atoms with van der Waals surface area (Å²) in [6.07, 6.45) is 0. The van der Waals surface area contributed by atoms with Crippen molar-refractivity contribution >= 4 is 22.6 Å². The van der Waals surface area contributed by atoms with E-state index in [9.17, 15) is 0 Å². The van der Waals surface area contributed by atoms with Gasteiger partial charge >= 0.3 is 21.2 Å². The van der Waals surface area contributed by atoms with E-state index in [-0.39, 0.29) is 21.2 Å². The number of halogens is 2. The first-order chi connectivity index (χ1) is 4.93. The highest BCUT2D eigenvalue weighted by Gasteiger charge is 2.04. The van der Waals surface area contributed by atoms with E-state index in [1.54, 1.807) is 0 Å². The smallest absolute Gasteiger partial charge is 0.0619 e. The molecule has 0 saturated heterocycles. The van der Waals surface area contributed by atoms with Crippen LogP contribution in [0.25, 0.3) is 0 Å². The molecule has 50 valence electrons. The van der Waals surface area contributed by atoms with Gasteiger partial charge in [0.05, 0.1) is 0 Å². The van der Waals surface area contributed by atoms with Crippen LogP contribution >= 0.6 is 22.6 Å². The monoisotopic (exact) mass is 355 g/mol. The van der Waals surface area contributed by atoms with E-state index >= 15 is 0 Å². The highest BCUT2D eigenvalue weighted by atomic mass is 127. The second kappa shape index (κ2) is 4.97. The van der Waals surface area contributed by atoms with Crippen LogP contribution in [0.2, 0.25) is 0 Å². The van der Waals surface area contributed by atoms with Gasteiger partial charge < -0.3 is 0 Å². The van der Waals surface area contributed by atoms with Crippen LogP contribution in [0.1, 0.15) is 0 Å². The molecule has 2 heteroatoms. The maximum absolute atomic E-state index is 3.11. The lowest BCUT2D eigenvalue weighted by atomic mass is 10.4. The summed E-state index contributed by atoms with van der Waals surface area (Å²) < 4.78 is 7.39. The normalized spacial score (nSPS) is 8.10. The average molecular weight is 355 g/mol. The Labute approximate surface area is 84.8 Å². The first-order valence-corrected chi connectivity index (χ1v) is 5.96. The van der Waals surface area contributed by atoms with Gasteiger partial charge in [-0.05, 0) is 12.1 Å². The number of benzene rings is 1. The summed E-state index contributed by atoms with van der Waals surface area (Å²) in [6, 6.07) is 10.4. The molecule has 0 atom stereocenters. The van der Waals surface area contributed by atoms with Crippen LogP contribution in [0.15, 0.2) is 30.3 Å². The minimum absolute atomic E-state index is 0.0419. The molecule has 0 aliphatic heterocycles. The van der Waals surface area contributed by atoms with Crippen LogP contribution in [0.5, 0.6) is 0 Å². The minimum atomic E-state index is -0.0419. The zero-order valence-corrected chi connectivity index (χ0v) is 9.46. The molecule has 0 aliphatic carbocycles. The molecule has 0 aliphatic rings. The molecule has 0 spiro atoms. The van der Waals surface area contributed by atoms with Crippen LogP contribution in [-0.2, 0) is 0 Å². The van der Waals surface area contributed by atoms with Gasteiger partial charge in [0.1, 0.15) is 0 Å². The Morgan fingerprint density at radius 3 is 2.50 bits per heavy atom. The fourth-order valence-electron chi connectivity index (χ4n) is 0.550. The lowest BCUT2D eigenvalue weighted by molar-refractivity contribution is -0.535. The second-order valence-corrected chi connectivity index (χ2v) is 4.44. The lowest BCUT2D eigenvalue weighted by Crippen LogP contribution is -3.59. The van der Waals surface area contributed by atoms with Crippen molar-refractivity contribution in [2.45, 2.75) is 0 Å². The van der Waals surface area contributed by atoms with Crippen molar-refractivity contribution in [1.82, 2.24) is 0 Å². The third-order valence-corrected chi connectivity index (χ3v) is 4.11. The van der Waals surface area contributed by atoms with Gasteiger partial charge in [0.15, 0.2) is 3.93 Å². The molecule has 0 aromatic heterocycles. The summed E-state index contributed by atoms with van der Waals surface area (Å²) >= 11 is 2.04. The summed E-state index contributed by atoms with van der Waals surface area (Å²) in [4.78, 5) is 0. The van der Waals surface area contributed by atoms with E-state index in [1.807, 2.05) is 6.07 Å². The maximum atomic E-state index is 3.11. The first kappa shape index (κ1) is 8.34. The summed E-state index contributed by atoms with van der Waals surface area (Å²) in [5.74, 6) is 0. The molecule has 0 unspecified atom stereocenters. The van der Waals surface area contributed by atoms with Crippen molar-refractivity contribution in [3.05, 3.63) is 33.9 Å². The van der Waals surface area contributed by atoms with Crippen molar-refractivity contribution < 1.29 is 21.2 Å². The molecule has 1 aromatic carbocycles. The third-order valence-electron chi connectivity index (χ3n) is 0.925. The Morgan fingerprint density at radius 2 is 1.90 bits per heavy atom. The van der Waals surface area contributed by atoms with E-state index in [0.29, 0.717) is 0 Å². The number of rotatable bonds is 1. The maximum Gasteiger partial charge on any atom is 0.420 e. The molecule has 0 heterocycles. The number of hydrogen-bond donors (Lipinski definition) is 0. The van der Waals surface area contributed by atoms with Gasteiger partial charge in [-0.1, -0.05) is 18.2 Å². The van der Waals surface area contributed by atoms with E-state index in [0.717, 1.165) is 0 Å². The molecule has 0 saturated carbocycles. The molecule has 0 radical (unpaired) electrons. The predicted octanol–water partition coefficient (Wildman–Crippen LogP) is -0.701. The summed E-state index contributed by atoms with van der Waals surface area (Å²) in [5.41, 5.74) is 0. The molecule has 0 bridgehead atoms. The average Bonchev–Trinajstić information content (AvgIpc) is 2.03. The molecular formula is C8H5I2+. The molecular weight excluding hydrogens is 350 g/mol. The largest absolute Gasteiger partial charge is 0.420 e. The van der Waals surface area contributed by atoms with E-state index < -0.39 is 0 Å². The van der Waals surface area contributed by atoms with Gasteiger partial charge in [0.25, 0.3) is 0 Å². The lowest BCUT2D eigenvalue weighted by Gasteiger charge is -1.75. The number of hydrogen-bond acceptors (Lipinski definition) is 0. The zero-order valence-electron chi connectivity index (χ0n) is 5.14. The highest BCUT2D eigenvalue weighted by Crippen LogP contribution is 1.81. The highest BCUT2D eigenvalue weighted by molar-refractivity contribution is 14.1. The van der Waals surface area contributed by atoms with Gasteiger partial charge in [-0.3, -0.25) is 0 Å². The molecule has 1 aromatic rings. The van der Waals surface area contributed by atoms with Crippen LogP contribution in [0, 0.1) is 11.4 Å². The van der Waals surface area contributed by atoms with Crippen LogP contribution in [0.4, 0.5) is 0 Å². The van der Waals surface area contributed by atoms with Crippen molar-refractivity contribution in [2.75, 3.05) is 0 Å². The third kappa shape index (κ3) is 2.88. The van der Waals surface area contributed by atoms with Crippen LogP contribution < -0.4 is 21.2 Å². The minimum Gasteiger partial charge on any atom is -0.0619 e. The molecule has 0 amide bonds. The van der Waals surface area contributed by atoms with Crippen molar-refractivity contribution in [1.29, 1.82) is 0 Å². The molecule has 1 rings (SSSR count). The molecule has 0 nitrogen and oxygen atoms in total. The van der Waals surface area contributed by atoms with Gasteiger partial charge in [-0.15, -0.1) is 0 Å². The Bertz CT molecular complexity index is 243. The first-order valence-electron chi connectivity index (χ1n) is 2.73. The van der Waals surface area contributed by atoms with Crippen LogP contribution in [-0.4, -0.2) is 0 Å². The van der Waals surface area contributed by atoms with E-state index in [1.165, 1.54) is 3.57 Å². The Hall–Kier alpha value is 0.240. The fraction of sp³-hybridized carbons (Fsp3) is 0. The molecule has 10 heavy (non-hydrogen) atoms. The van der Waals surface area contributed by atoms with Gasteiger partial charge in [0.2, 0.25) is 3.57 Å². The molecule has 0 fully saturated rings. The Balaban J connectivity index is 2.64. The van der Waals surface area contributed by atoms with Gasteiger partial charge in [-0.2, -0.15) is 0 Å². The topological polar surface area (TPSA) is 0 Å². The van der Waals surface area contributed by atoms with Crippen molar-refractivity contribution in [3.63, 3.8) is 0 Å².